The van der Waals surface area contributed by atoms with Crippen LogP contribution in [0.1, 0.15) is 6.92 Å². The molecule has 7 heteroatoms. The van der Waals surface area contributed by atoms with Gasteiger partial charge in [0.2, 0.25) is 0 Å². The fourth-order valence-electron chi connectivity index (χ4n) is 1.08. The molecule has 0 heterocycles. The number of rotatable bonds is 3. The highest BCUT2D eigenvalue weighted by Gasteiger charge is 2.17. The van der Waals surface area contributed by atoms with E-state index in [9.17, 15) is 9.59 Å². The van der Waals surface area contributed by atoms with Crippen LogP contribution < -0.4 is 21.5 Å². The van der Waals surface area contributed by atoms with Crippen molar-refractivity contribution in [2.45, 2.75) is 13.0 Å². The largest absolute Gasteiger partial charge is 0.480 e. The predicted octanol–water partition coefficient (Wildman–Crippen LogP) is 0.994. The molecular weight excluding hydrogens is 290 g/mol. The van der Waals surface area contributed by atoms with Crippen LogP contribution in [-0.4, -0.2) is 18.0 Å². The van der Waals surface area contributed by atoms with Gasteiger partial charge in [0.25, 0.3) is 5.91 Å². The van der Waals surface area contributed by atoms with Gasteiger partial charge in [-0.2, -0.15) is 0 Å². The van der Waals surface area contributed by atoms with Gasteiger partial charge in [-0.3, -0.25) is 10.1 Å². The molecule has 92 valence electrons. The zero-order valence-corrected chi connectivity index (χ0v) is 10.7. The zero-order chi connectivity index (χ0) is 13.0. The Morgan fingerprint density at radius 2 is 2.12 bits per heavy atom. The lowest BCUT2D eigenvalue weighted by Gasteiger charge is -2.14. The van der Waals surface area contributed by atoms with E-state index in [0.717, 1.165) is 0 Å². The molecule has 17 heavy (non-hydrogen) atoms. The predicted molar refractivity (Wildman–Crippen MR) is 66.4 cm³/mol. The van der Waals surface area contributed by atoms with Gasteiger partial charge in [-0.25, -0.2) is 4.79 Å². The van der Waals surface area contributed by atoms with Gasteiger partial charge in [-0.05, 0) is 35.0 Å². The highest BCUT2D eigenvalue weighted by atomic mass is 79.9. The van der Waals surface area contributed by atoms with E-state index in [4.69, 9.17) is 16.2 Å². The van der Waals surface area contributed by atoms with Crippen molar-refractivity contribution in [1.29, 1.82) is 0 Å². The Bertz CT molecular complexity index is 450. The topological polar surface area (TPSA) is 107 Å². The third-order valence-corrected chi connectivity index (χ3v) is 2.53. The molecule has 1 rings (SSSR count). The molecule has 0 aliphatic carbocycles. The third kappa shape index (κ3) is 3.95. The molecule has 0 aromatic heterocycles. The number of benzene rings is 1. The Balaban J connectivity index is 2.73. The minimum atomic E-state index is -0.919. The van der Waals surface area contributed by atoms with Crippen LogP contribution in [0, 0.1) is 0 Å². The van der Waals surface area contributed by atoms with Gasteiger partial charge in [0.05, 0.1) is 4.47 Å². The molecule has 3 amide bonds. The van der Waals surface area contributed by atoms with Gasteiger partial charge in [0.15, 0.2) is 6.10 Å². The fraction of sp³-hybridized carbons (Fsp3) is 0.200. The number of ether oxygens (including phenoxy) is 1. The van der Waals surface area contributed by atoms with Crippen LogP contribution in [-0.2, 0) is 4.79 Å². The lowest BCUT2D eigenvalue weighted by atomic mass is 10.3. The molecule has 0 saturated carbocycles. The lowest BCUT2D eigenvalue weighted by molar-refractivity contribution is -0.126. The minimum Gasteiger partial charge on any atom is -0.480 e. The van der Waals surface area contributed by atoms with Crippen molar-refractivity contribution < 1.29 is 14.3 Å². The number of anilines is 1. The average molecular weight is 302 g/mol. The van der Waals surface area contributed by atoms with Gasteiger partial charge >= 0.3 is 6.03 Å². The van der Waals surface area contributed by atoms with E-state index in [0.29, 0.717) is 15.9 Å². The second-order valence-electron chi connectivity index (χ2n) is 3.30. The van der Waals surface area contributed by atoms with Crippen LogP contribution in [0.5, 0.6) is 5.75 Å². The Labute approximate surface area is 106 Å². The first kappa shape index (κ1) is 13.3. The Morgan fingerprint density at radius 1 is 1.47 bits per heavy atom. The molecule has 1 aromatic rings. The second-order valence-corrected chi connectivity index (χ2v) is 4.16. The molecule has 0 radical (unpaired) electrons. The van der Waals surface area contributed by atoms with Crippen LogP contribution in [0.15, 0.2) is 22.7 Å². The number of carbonyl (C=O) groups is 2. The zero-order valence-electron chi connectivity index (χ0n) is 9.07. The highest BCUT2D eigenvalue weighted by Crippen LogP contribution is 2.27. The summed E-state index contributed by atoms with van der Waals surface area (Å²) in [6, 6.07) is 4.03. The second kappa shape index (κ2) is 5.53. The quantitative estimate of drug-likeness (QED) is 0.724. The van der Waals surface area contributed by atoms with E-state index in [1.165, 1.54) is 6.92 Å². The normalized spacial score (nSPS) is 11.6. The summed E-state index contributed by atoms with van der Waals surface area (Å²) in [7, 11) is 0. The number of imide groups is 1. The maximum atomic E-state index is 11.4. The van der Waals surface area contributed by atoms with E-state index < -0.39 is 18.0 Å². The first-order valence-electron chi connectivity index (χ1n) is 4.72. The van der Waals surface area contributed by atoms with Crippen LogP contribution in [0.4, 0.5) is 10.5 Å². The summed E-state index contributed by atoms with van der Waals surface area (Å²) in [4.78, 5) is 21.9. The Hall–Kier alpha value is -1.76. The number of halogens is 1. The fourth-order valence-corrected chi connectivity index (χ4v) is 1.42. The Kier molecular flexibility index (Phi) is 4.33. The van der Waals surface area contributed by atoms with Crippen LogP contribution in [0.3, 0.4) is 0 Å². The van der Waals surface area contributed by atoms with Gasteiger partial charge < -0.3 is 16.2 Å². The molecule has 0 saturated heterocycles. The first-order valence-corrected chi connectivity index (χ1v) is 5.51. The van der Waals surface area contributed by atoms with Crippen molar-refractivity contribution in [3.8, 4) is 5.75 Å². The molecule has 0 fully saturated rings. The highest BCUT2D eigenvalue weighted by molar-refractivity contribution is 9.10. The SMILES string of the molecule is CC(Oc1cc(N)ccc1Br)C(=O)NC(N)=O. The summed E-state index contributed by atoms with van der Waals surface area (Å²) in [6.07, 6.45) is -0.861. The summed E-state index contributed by atoms with van der Waals surface area (Å²) < 4.78 is 6.00. The maximum Gasteiger partial charge on any atom is 0.318 e. The van der Waals surface area contributed by atoms with Gasteiger partial charge in [0.1, 0.15) is 5.75 Å². The van der Waals surface area contributed by atoms with Crippen molar-refractivity contribution in [2.24, 2.45) is 5.73 Å². The third-order valence-electron chi connectivity index (χ3n) is 1.87. The summed E-state index contributed by atoms with van der Waals surface area (Å²) in [5.74, 6) is -0.205. The summed E-state index contributed by atoms with van der Waals surface area (Å²) in [5.41, 5.74) is 10.9. The molecule has 1 unspecified atom stereocenters. The van der Waals surface area contributed by atoms with E-state index in [-0.39, 0.29) is 0 Å². The molecule has 1 aromatic carbocycles. The number of nitrogens with two attached hydrogens (primary N) is 2. The van der Waals surface area contributed by atoms with E-state index in [1.54, 1.807) is 18.2 Å². The first-order chi connectivity index (χ1) is 7.90. The monoisotopic (exact) mass is 301 g/mol. The number of amides is 3. The molecule has 1 atom stereocenters. The molecule has 0 spiro atoms. The Morgan fingerprint density at radius 3 is 2.71 bits per heavy atom. The maximum absolute atomic E-state index is 11.4. The molecular formula is C10H12BrN3O3. The average Bonchev–Trinajstić information content (AvgIpc) is 2.22. The number of nitrogen functional groups attached to an aromatic ring is 1. The molecule has 0 bridgehead atoms. The van der Waals surface area contributed by atoms with Gasteiger partial charge in [-0.1, -0.05) is 0 Å². The minimum absolute atomic E-state index is 0.414. The number of urea groups is 1. The van der Waals surface area contributed by atoms with Crippen molar-refractivity contribution in [1.82, 2.24) is 5.32 Å². The number of nitrogens with one attached hydrogen (secondary N) is 1. The van der Waals surface area contributed by atoms with Gasteiger partial charge in [-0.15, -0.1) is 0 Å². The van der Waals surface area contributed by atoms with Crippen molar-refractivity contribution in [2.75, 3.05) is 5.73 Å². The smallest absolute Gasteiger partial charge is 0.318 e. The van der Waals surface area contributed by atoms with E-state index in [1.807, 2.05) is 5.32 Å². The summed E-state index contributed by atoms with van der Waals surface area (Å²) in [6.45, 7) is 1.49. The van der Waals surface area contributed by atoms with Crippen molar-refractivity contribution in [3.05, 3.63) is 22.7 Å². The number of hydrogen-bond acceptors (Lipinski definition) is 4. The summed E-state index contributed by atoms with van der Waals surface area (Å²) in [5, 5.41) is 1.93. The number of hydrogen-bond donors (Lipinski definition) is 3. The standard InChI is InChI=1S/C10H12BrN3O3/c1-5(9(15)14-10(13)16)17-8-4-6(12)2-3-7(8)11/h2-5H,12H2,1H3,(H3,13,14,15,16). The van der Waals surface area contributed by atoms with E-state index >= 15 is 0 Å². The van der Waals surface area contributed by atoms with Crippen LogP contribution in [0.25, 0.3) is 0 Å². The molecule has 0 aliphatic rings. The van der Waals surface area contributed by atoms with Crippen molar-refractivity contribution in [3.63, 3.8) is 0 Å². The van der Waals surface area contributed by atoms with E-state index in [2.05, 4.69) is 15.9 Å². The molecule has 5 N–H and O–H groups in total. The lowest BCUT2D eigenvalue weighted by Crippen LogP contribution is -2.42. The summed E-state index contributed by atoms with van der Waals surface area (Å²) >= 11 is 3.26. The number of carbonyl (C=O) groups excluding carboxylic acids is 2. The molecule has 0 aliphatic heterocycles. The van der Waals surface area contributed by atoms with Crippen molar-refractivity contribution >= 4 is 33.6 Å². The number of primary amides is 1. The van der Waals surface area contributed by atoms with Crippen LogP contribution >= 0.6 is 15.9 Å². The van der Waals surface area contributed by atoms with Crippen LogP contribution in [0.2, 0.25) is 0 Å². The van der Waals surface area contributed by atoms with Gasteiger partial charge in [0, 0.05) is 11.8 Å². The molecule has 6 nitrogen and oxygen atoms in total.